The Morgan fingerprint density at radius 1 is 0.517 bits per heavy atom. The normalized spacial score (nSPS) is 12.0. The molecule has 2 aromatic rings. The molecule has 0 spiro atoms. The summed E-state index contributed by atoms with van der Waals surface area (Å²) in [5.74, 6) is 0. The van der Waals surface area contributed by atoms with Crippen molar-refractivity contribution in [3.63, 3.8) is 0 Å². The summed E-state index contributed by atoms with van der Waals surface area (Å²) in [6.45, 7) is 27.1. The molecule has 2 rings (SSSR count). The van der Waals surface area contributed by atoms with Crippen LogP contribution in [0.3, 0.4) is 0 Å². The first-order chi connectivity index (χ1) is 11.4. The van der Waals surface area contributed by atoms with Crippen molar-refractivity contribution in [2.24, 2.45) is 0 Å². The van der Waals surface area contributed by atoms with Crippen LogP contribution in [-0.4, -0.2) is 0 Å². The molecule has 0 aromatic heterocycles. The van der Waals surface area contributed by atoms with Crippen LogP contribution in [0.1, 0.15) is 105 Å². The van der Waals surface area contributed by atoms with Crippen LogP contribution in [0.2, 0.25) is 0 Å². The minimum atomic E-state index is 0. The summed E-state index contributed by atoms with van der Waals surface area (Å²) >= 11 is 0. The van der Waals surface area contributed by atoms with Gasteiger partial charge in [0, 0.05) is 0 Å². The molecule has 0 bridgehead atoms. The third kappa shape index (κ3) is 10.3. The van der Waals surface area contributed by atoms with E-state index in [4.69, 9.17) is 0 Å². The van der Waals surface area contributed by atoms with Crippen molar-refractivity contribution in [3.05, 3.63) is 73.5 Å². The van der Waals surface area contributed by atoms with Crippen molar-refractivity contribution < 1.29 is 21.7 Å². The van der Waals surface area contributed by atoms with Crippen LogP contribution in [0, 0.1) is 14.9 Å². The molecule has 0 heterocycles. The van der Waals surface area contributed by atoms with Crippen LogP contribution in [0.15, 0.2) is 36.4 Å². The molecule has 0 aliphatic heterocycles. The van der Waals surface area contributed by atoms with E-state index in [1.807, 2.05) is 0 Å². The number of hydrogen-bond donors (Lipinski definition) is 0. The van der Waals surface area contributed by atoms with Crippen molar-refractivity contribution >= 4 is 0 Å². The zero-order chi connectivity index (χ0) is 20.6. The van der Waals surface area contributed by atoms with Gasteiger partial charge in [-0.2, -0.15) is 46.5 Å². The first kappa shape index (κ1) is 33.1. The van der Waals surface area contributed by atoms with Gasteiger partial charge in [0.15, 0.2) is 0 Å². The van der Waals surface area contributed by atoms with Crippen molar-refractivity contribution in [1.82, 2.24) is 0 Å². The Labute approximate surface area is 199 Å². The minimum Gasteiger partial charge on any atom is -0.358 e. The van der Waals surface area contributed by atoms with E-state index in [1.165, 1.54) is 22.3 Å². The predicted molar refractivity (Wildman–Crippen MR) is 132 cm³/mol. The maximum absolute atomic E-state index is 2.33. The van der Waals surface area contributed by atoms with Crippen molar-refractivity contribution in [1.29, 1.82) is 0 Å². The van der Waals surface area contributed by atoms with Gasteiger partial charge in [0.2, 0.25) is 0 Å². The van der Waals surface area contributed by atoms with Gasteiger partial charge in [-0.3, -0.25) is 0 Å². The fourth-order valence-electron chi connectivity index (χ4n) is 2.75. The summed E-state index contributed by atoms with van der Waals surface area (Å²) in [6, 6.07) is 13.7. The maximum Gasteiger partial charge on any atom is 4.00 e. The average molecular weight is 433 g/mol. The molecule has 0 unspecified atom stereocenters. The Kier molecular flexibility index (Phi) is 12.7. The maximum atomic E-state index is 2.33. The van der Waals surface area contributed by atoms with Gasteiger partial charge >= 0.3 is 21.7 Å². The largest absolute Gasteiger partial charge is 4.00 e. The van der Waals surface area contributed by atoms with Crippen molar-refractivity contribution in [2.75, 3.05) is 0 Å². The topological polar surface area (TPSA) is 0 Å². The Balaban J connectivity index is -0.000000422. The van der Waals surface area contributed by atoms with Crippen LogP contribution in [0.5, 0.6) is 0 Å². The third-order valence-electron chi connectivity index (χ3n) is 4.97. The first-order valence-electron chi connectivity index (χ1n) is 9.98. The van der Waals surface area contributed by atoms with Gasteiger partial charge in [-0.05, 0) is 0 Å². The molecule has 0 radical (unpaired) electrons. The van der Waals surface area contributed by atoms with E-state index in [9.17, 15) is 0 Å². The Morgan fingerprint density at radius 3 is 0.862 bits per heavy atom. The molecule has 0 N–H and O–H groups in total. The van der Waals surface area contributed by atoms with Crippen LogP contribution in [0.25, 0.3) is 0 Å². The van der Waals surface area contributed by atoms with Gasteiger partial charge in [0.25, 0.3) is 0 Å². The van der Waals surface area contributed by atoms with Crippen LogP contribution >= 0.6 is 0 Å². The van der Waals surface area contributed by atoms with Crippen molar-refractivity contribution in [2.45, 2.75) is 105 Å². The molecule has 0 aliphatic rings. The van der Waals surface area contributed by atoms with E-state index in [0.717, 1.165) is 0 Å². The summed E-state index contributed by atoms with van der Waals surface area (Å²) in [4.78, 5) is 0. The fourth-order valence-corrected chi connectivity index (χ4v) is 2.75. The summed E-state index contributed by atoms with van der Waals surface area (Å²) in [6.07, 6.45) is 0. The summed E-state index contributed by atoms with van der Waals surface area (Å²) in [5, 5.41) is 0. The molecule has 0 saturated heterocycles. The first-order valence-corrected chi connectivity index (χ1v) is 9.98. The second-order valence-electron chi connectivity index (χ2n) is 11.8. The molecule has 164 valence electrons. The molecule has 0 amide bonds. The van der Waals surface area contributed by atoms with Crippen LogP contribution in [0.4, 0.5) is 0 Å². The Bertz CT molecular complexity index is 563. The Hall–Kier alpha value is -0.586. The average Bonchev–Trinajstić information content (AvgIpc) is 3.06. The van der Waals surface area contributed by atoms with Crippen molar-refractivity contribution in [3.8, 4) is 0 Å². The number of rotatable bonds is 0. The quantitative estimate of drug-likeness (QED) is 0.288. The standard InChI is InChI=1S/2C13H21.2CH3.Ti/c2*1-12(2,3)10-7-8-11(9-10)13(4,5)6;;;/h2*7-9H,1-6H3;2*1H3;/q4*-1;+4. The predicted octanol–water partition coefficient (Wildman–Crippen LogP) is 8.90. The summed E-state index contributed by atoms with van der Waals surface area (Å²) < 4.78 is 0. The molecule has 0 fully saturated rings. The smallest absolute Gasteiger partial charge is 0.358 e. The molecule has 0 nitrogen and oxygen atoms in total. The van der Waals surface area contributed by atoms with Gasteiger partial charge in [0.05, 0.1) is 0 Å². The molecule has 0 atom stereocenters. The zero-order valence-electron chi connectivity index (χ0n) is 22.0. The van der Waals surface area contributed by atoms with Gasteiger partial charge in [-0.15, -0.1) is 0 Å². The van der Waals surface area contributed by atoms with E-state index in [2.05, 4.69) is 119 Å². The van der Waals surface area contributed by atoms with Gasteiger partial charge < -0.3 is 14.9 Å². The van der Waals surface area contributed by atoms with Crippen LogP contribution < -0.4 is 0 Å². The zero-order valence-corrected chi connectivity index (χ0v) is 23.5. The summed E-state index contributed by atoms with van der Waals surface area (Å²) in [7, 11) is 0. The van der Waals surface area contributed by atoms with Crippen LogP contribution in [-0.2, 0) is 43.4 Å². The SMILES string of the molecule is CC(C)(C)c1cc[c-](C(C)(C)C)c1.CC(C)(C)c1cc[c-](C(C)(C)C)c1.[CH3-].[CH3-].[Ti+4]. The molecule has 0 aliphatic carbocycles. The van der Waals surface area contributed by atoms with E-state index in [0.29, 0.717) is 0 Å². The van der Waals surface area contributed by atoms with E-state index < -0.39 is 0 Å². The molecule has 2 aromatic carbocycles. The molecule has 29 heavy (non-hydrogen) atoms. The number of hydrogen-bond acceptors (Lipinski definition) is 0. The Morgan fingerprint density at radius 2 is 0.759 bits per heavy atom. The van der Waals surface area contributed by atoms with Gasteiger partial charge in [-0.1, -0.05) is 105 Å². The minimum absolute atomic E-state index is 0. The molecule has 1 heteroatoms. The fraction of sp³-hybridized carbons (Fsp3) is 0.571. The van der Waals surface area contributed by atoms with E-state index in [1.54, 1.807) is 0 Å². The van der Waals surface area contributed by atoms with E-state index >= 15 is 0 Å². The monoisotopic (exact) mass is 432 g/mol. The third-order valence-corrected chi connectivity index (χ3v) is 4.97. The van der Waals surface area contributed by atoms with Gasteiger partial charge in [-0.25, -0.2) is 12.1 Å². The molecular weight excluding hydrogens is 384 g/mol. The van der Waals surface area contributed by atoms with Gasteiger partial charge in [0.1, 0.15) is 0 Å². The summed E-state index contributed by atoms with van der Waals surface area (Å²) in [5.41, 5.74) is 6.89. The van der Waals surface area contributed by atoms with E-state index in [-0.39, 0.29) is 58.2 Å². The second-order valence-corrected chi connectivity index (χ2v) is 11.8. The molecular formula is C28H48Ti. The molecule has 0 saturated carbocycles. The second kappa shape index (κ2) is 11.2.